The van der Waals surface area contributed by atoms with E-state index in [9.17, 15) is 0 Å². The third-order valence-corrected chi connectivity index (χ3v) is 2.46. The summed E-state index contributed by atoms with van der Waals surface area (Å²) in [6.07, 6.45) is 0. The van der Waals surface area contributed by atoms with Crippen molar-refractivity contribution in [1.82, 2.24) is 0 Å². The lowest BCUT2D eigenvalue weighted by Crippen LogP contribution is -2.13. The summed E-state index contributed by atoms with van der Waals surface area (Å²) in [5.41, 5.74) is 8.20. The second-order valence-corrected chi connectivity index (χ2v) is 3.39. The number of benzene rings is 1. The van der Waals surface area contributed by atoms with Crippen molar-refractivity contribution >= 4 is 12.6 Å². The van der Waals surface area contributed by atoms with E-state index in [-0.39, 0.29) is 0 Å². The second-order valence-electron chi connectivity index (χ2n) is 3.03. The molecule has 0 saturated heterocycles. The molecule has 0 aliphatic rings. The minimum Gasteiger partial charge on any atom is -0.330 e. The zero-order valence-corrected chi connectivity index (χ0v) is 8.22. The molecule has 0 fully saturated rings. The maximum atomic E-state index is 5.62. The molecule has 0 heterocycles. The lowest BCUT2D eigenvalue weighted by atomic mass is 10.00. The molecule has 0 saturated carbocycles. The van der Waals surface area contributed by atoms with E-state index in [1.54, 1.807) is 0 Å². The predicted molar refractivity (Wildman–Crippen MR) is 56.8 cm³/mol. The van der Waals surface area contributed by atoms with Gasteiger partial charge in [-0.05, 0) is 24.8 Å². The summed E-state index contributed by atoms with van der Waals surface area (Å²) >= 11 is 4.26. The molecule has 0 aromatic heterocycles. The molecule has 1 rings (SSSR count). The maximum Gasteiger partial charge on any atom is 0.00495 e. The first-order valence-corrected chi connectivity index (χ1v) is 4.78. The van der Waals surface area contributed by atoms with Crippen LogP contribution >= 0.6 is 12.6 Å². The van der Waals surface area contributed by atoms with Crippen LogP contribution in [-0.2, 0) is 0 Å². The second kappa shape index (κ2) is 4.53. The number of thiol groups is 1. The van der Waals surface area contributed by atoms with Crippen molar-refractivity contribution in [3.05, 3.63) is 35.4 Å². The van der Waals surface area contributed by atoms with Crippen molar-refractivity contribution < 1.29 is 0 Å². The Bertz CT molecular complexity index is 243. The summed E-state index contributed by atoms with van der Waals surface area (Å²) in [4.78, 5) is 0. The monoisotopic (exact) mass is 181 g/mol. The van der Waals surface area contributed by atoms with Gasteiger partial charge in [0, 0.05) is 5.92 Å². The molecule has 66 valence electrons. The molecule has 1 nitrogen and oxygen atoms in total. The van der Waals surface area contributed by atoms with Crippen LogP contribution in [0.3, 0.4) is 0 Å². The quantitative estimate of drug-likeness (QED) is 0.685. The maximum absolute atomic E-state index is 5.62. The molecule has 0 radical (unpaired) electrons. The Hall–Kier alpha value is -0.470. The van der Waals surface area contributed by atoms with Crippen LogP contribution in [0.15, 0.2) is 24.3 Å². The highest BCUT2D eigenvalue weighted by Gasteiger charge is 2.06. The van der Waals surface area contributed by atoms with Gasteiger partial charge in [0.2, 0.25) is 0 Å². The minimum atomic E-state index is 0.397. The summed E-state index contributed by atoms with van der Waals surface area (Å²) in [7, 11) is 0. The van der Waals surface area contributed by atoms with Gasteiger partial charge in [-0.2, -0.15) is 12.6 Å². The molecule has 1 aromatic carbocycles. The van der Waals surface area contributed by atoms with Gasteiger partial charge in [-0.3, -0.25) is 0 Å². The van der Waals surface area contributed by atoms with Gasteiger partial charge in [-0.1, -0.05) is 29.8 Å². The summed E-state index contributed by atoms with van der Waals surface area (Å²) in [5.74, 6) is 1.22. The Labute approximate surface area is 79.4 Å². The average molecular weight is 181 g/mol. The molecule has 0 spiro atoms. The zero-order chi connectivity index (χ0) is 8.97. The van der Waals surface area contributed by atoms with Crippen LogP contribution in [0, 0.1) is 6.92 Å². The molecular formula is C10H15NS. The topological polar surface area (TPSA) is 26.0 Å². The summed E-state index contributed by atoms with van der Waals surface area (Å²) in [5, 5.41) is 0. The lowest BCUT2D eigenvalue weighted by Gasteiger charge is -2.12. The van der Waals surface area contributed by atoms with Crippen LogP contribution in [0.25, 0.3) is 0 Å². The Balaban J connectivity index is 2.85. The normalized spacial score (nSPS) is 12.9. The molecule has 1 atom stereocenters. The van der Waals surface area contributed by atoms with Gasteiger partial charge in [0.15, 0.2) is 0 Å². The van der Waals surface area contributed by atoms with Gasteiger partial charge < -0.3 is 5.73 Å². The molecule has 0 aliphatic carbocycles. The van der Waals surface area contributed by atoms with Crippen LogP contribution < -0.4 is 5.73 Å². The van der Waals surface area contributed by atoms with E-state index in [1.807, 2.05) is 0 Å². The standard InChI is InChI=1S/C10H15NS/c1-8-3-2-4-9(5-8)10(6-11)7-12/h2-5,10,12H,6-7,11H2,1H3. The third-order valence-electron chi connectivity index (χ3n) is 2.02. The minimum absolute atomic E-state index is 0.397. The molecule has 2 N–H and O–H groups in total. The summed E-state index contributed by atoms with van der Waals surface area (Å²) < 4.78 is 0. The molecule has 2 heteroatoms. The number of hydrogen-bond acceptors (Lipinski definition) is 2. The van der Waals surface area contributed by atoms with Crippen LogP contribution in [0.4, 0.5) is 0 Å². The van der Waals surface area contributed by atoms with Crippen LogP contribution in [0.1, 0.15) is 17.0 Å². The van der Waals surface area contributed by atoms with E-state index < -0.39 is 0 Å². The molecule has 0 aliphatic heterocycles. The van der Waals surface area contributed by atoms with Crippen molar-refractivity contribution in [2.24, 2.45) is 5.73 Å². The van der Waals surface area contributed by atoms with Crippen LogP contribution in [0.2, 0.25) is 0 Å². The van der Waals surface area contributed by atoms with E-state index in [0.717, 1.165) is 5.75 Å². The van der Waals surface area contributed by atoms with E-state index in [0.29, 0.717) is 12.5 Å². The van der Waals surface area contributed by atoms with Crippen molar-refractivity contribution in [1.29, 1.82) is 0 Å². The lowest BCUT2D eigenvalue weighted by molar-refractivity contribution is 0.786. The number of rotatable bonds is 3. The molecule has 0 amide bonds. The highest BCUT2D eigenvalue weighted by atomic mass is 32.1. The molecule has 1 unspecified atom stereocenters. The fraction of sp³-hybridized carbons (Fsp3) is 0.400. The predicted octanol–water partition coefficient (Wildman–Crippen LogP) is 1.97. The van der Waals surface area contributed by atoms with E-state index in [1.165, 1.54) is 11.1 Å². The molecule has 0 bridgehead atoms. The van der Waals surface area contributed by atoms with Crippen LogP contribution in [0.5, 0.6) is 0 Å². The number of nitrogens with two attached hydrogens (primary N) is 1. The van der Waals surface area contributed by atoms with Gasteiger partial charge in [0.1, 0.15) is 0 Å². The first kappa shape index (κ1) is 9.62. The van der Waals surface area contributed by atoms with Gasteiger partial charge in [0.25, 0.3) is 0 Å². The Morgan fingerprint density at radius 3 is 2.75 bits per heavy atom. The highest BCUT2D eigenvalue weighted by molar-refractivity contribution is 7.80. The van der Waals surface area contributed by atoms with E-state index in [4.69, 9.17) is 5.73 Å². The summed E-state index contributed by atoms with van der Waals surface area (Å²) in [6.45, 7) is 2.77. The van der Waals surface area contributed by atoms with Gasteiger partial charge in [-0.25, -0.2) is 0 Å². The number of aryl methyl sites for hydroxylation is 1. The van der Waals surface area contributed by atoms with Crippen molar-refractivity contribution in [3.63, 3.8) is 0 Å². The smallest absolute Gasteiger partial charge is 0.00495 e. The largest absolute Gasteiger partial charge is 0.330 e. The Morgan fingerprint density at radius 1 is 1.50 bits per heavy atom. The highest BCUT2D eigenvalue weighted by Crippen LogP contribution is 2.16. The first-order valence-electron chi connectivity index (χ1n) is 4.15. The Morgan fingerprint density at radius 2 is 2.25 bits per heavy atom. The van der Waals surface area contributed by atoms with Crippen molar-refractivity contribution in [2.75, 3.05) is 12.3 Å². The van der Waals surface area contributed by atoms with Crippen molar-refractivity contribution in [2.45, 2.75) is 12.8 Å². The van der Waals surface area contributed by atoms with Crippen LogP contribution in [-0.4, -0.2) is 12.3 Å². The van der Waals surface area contributed by atoms with Gasteiger partial charge in [-0.15, -0.1) is 0 Å². The van der Waals surface area contributed by atoms with Gasteiger partial charge in [0.05, 0.1) is 0 Å². The Kier molecular flexibility index (Phi) is 3.63. The summed E-state index contributed by atoms with van der Waals surface area (Å²) in [6, 6.07) is 8.45. The van der Waals surface area contributed by atoms with E-state index in [2.05, 4.69) is 43.8 Å². The molecular weight excluding hydrogens is 166 g/mol. The molecule has 1 aromatic rings. The first-order chi connectivity index (χ1) is 5.77. The molecule has 12 heavy (non-hydrogen) atoms. The zero-order valence-electron chi connectivity index (χ0n) is 7.33. The number of hydrogen-bond donors (Lipinski definition) is 2. The fourth-order valence-electron chi connectivity index (χ4n) is 1.24. The van der Waals surface area contributed by atoms with E-state index >= 15 is 0 Å². The average Bonchev–Trinajstić information content (AvgIpc) is 2.07. The van der Waals surface area contributed by atoms with Crippen molar-refractivity contribution in [3.8, 4) is 0 Å². The SMILES string of the molecule is Cc1cccc(C(CN)CS)c1. The fourth-order valence-corrected chi connectivity index (χ4v) is 1.60. The van der Waals surface area contributed by atoms with Gasteiger partial charge >= 0.3 is 0 Å². The third kappa shape index (κ3) is 2.26.